The molecule has 2 unspecified atom stereocenters. The molecule has 0 bridgehead atoms. The predicted octanol–water partition coefficient (Wildman–Crippen LogP) is 3.80. The Hall–Kier alpha value is -2.04. The Kier molecular flexibility index (Phi) is 5.30. The van der Waals surface area contributed by atoms with Crippen molar-refractivity contribution in [2.24, 2.45) is 5.92 Å². The molecule has 2 aliphatic carbocycles. The highest BCUT2D eigenvalue weighted by Gasteiger charge is 2.42. The normalized spacial score (nSPS) is 24.9. The van der Waals surface area contributed by atoms with Crippen molar-refractivity contribution in [2.75, 3.05) is 6.61 Å². The van der Waals surface area contributed by atoms with Gasteiger partial charge >= 0.3 is 5.97 Å². The monoisotopic (exact) mass is 345 g/mol. The van der Waals surface area contributed by atoms with Gasteiger partial charge in [0.15, 0.2) is 0 Å². The molecule has 5 heteroatoms. The number of carbonyl (C=O) groups is 2. The van der Waals surface area contributed by atoms with E-state index in [0.717, 1.165) is 25.0 Å². The molecule has 1 aromatic rings. The van der Waals surface area contributed by atoms with Gasteiger partial charge in [0.05, 0.1) is 6.61 Å². The molecule has 1 aromatic heterocycles. The summed E-state index contributed by atoms with van der Waals surface area (Å²) in [4.78, 5) is 24.7. The first kappa shape index (κ1) is 17.8. The molecule has 0 aromatic carbocycles. The topological polar surface area (TPSA) is 68.5 Å². The second-order valence-electron chi connectivity index (χ2n) is 7.25. The average molecular weight is 345 g/mol. The first-order valence-corrected chi connectivity index (χ1v) is 9.31. The molecule has 3 rings (SSSR count). The Morgan fingerprint density at radius 2 is 2.04 bits per heavy atom. The van der Waals surface area contributed by atoms with Crippen molar-refractivity contribution in [3.05, 3.63) is 29.7 Å². The summed E-state index contributed by atoms with van der Waals surface area (Å²) in [6.45, 7) is 4.31. The highest BCUT2D eigenvalue weighted by atomic mass is 16.5. The summed E-state index contributed by atoms with van der Waals surface area (Å²) >= 11 is 0. The van der Waals surface area contributed by atoms with Crippen LogP contribution >= 0.6 is 0 Å². The molecule has 1 heterocycles. The van der Waals surface area contributed by atoms with Crippen molar-refractivity contribution in [1.82, 2.24) is 5.32 Å². The van der Waals surface area contributed by atoms with Gasteiger partial charge < -0.3 is 14.5 Å². The Labute approximate surface area is 148 Å². The van der Waals surface area contributed by atoms with Gasteiger partial charge in [-0.3, -0.25) is 4.79 Å². The SMILES string of the molecule is CCOC(=O)C1(NC(=O)/C=C/c2ccc(C3CC3C)o2)CCCCC1. The fourth-order valence-electron chi connectivity index (χ4n) is 3.62. The Morgan fingerprint density at radius 1 is 1.32 bits per heavy atom. The zero-order valence-electron chi connectivity index (χ0n) is 15.0. The minimum absolute atomic E-state index is 0.285. The minimum atomic E-state index is -0.881. The average Bonchev–Trinajstić information content (AvgIpc) is 3.15. The van der Waals surface area contributed by atoms with E-state index in [4.69, 9.17) is 9.15 Å². The summed E-state index contributed by atoms with van der Waals surface area (Å²) in [5, 5.41) is 2.89. The molecule has 1 amide bonds. The fraction of sp³-hybridized carbons (Fsp3) is 0.600. The first-order valence-electron chi connectivity index (χ1n) is 9.31. The lowest BCUT2D eigenvalue weighted by atomic mass is 9.81. The summed E-state index contributed by atoms with van der Waals surface area (Å²) in [6.07, 6.45) is 8.46. The summed E-state index contributed by atoms with van der Waals surface area (Å²) < 4.78 is 11.0. The Bertz CT molecular complexity index is 654. The molecule has 1 N–H and O–H groups in total. The first-order chi connectivity index (χ1) is 12.0. The van der Waals surface area contributed by atoms with E-state index >= 15 is 0 Å². The van der Waals surface area contributed by atoms with Crippen molar-refractivity contribution in [3.8, 4) is 0 Å². The summed E-state index contributed by atoms with van der Waals surface area (Å²) in [5.74, 6) is 2.25. The second-order valence-corrected chi connectivity index (χ2v) is 7.25. The van der Waals surface area contributed by atoms with Crippen LogP contribution in [0.3, 0.4) is 0 Å². The Balaban J connectivity index is 1.62. The van der Waals surface area contributed by atoms with E-state index in [1.807, 2.05) is 12.1 Å². The maximum absolute atomic E-state index is 12.4. The van der Waals surface area contributed by atoms with Crippen LogP contribution in [-0.4, -0.2) is 24.0 Å². The zero-order chi connectivity index (χ0) is 17.9. The standard InChI is InChI=1S/C20H27NO4/c1-3-24-19(23)20(11-5-4-6-12-20)21-18(22)10-8-15-7-9-17(25-15)16-13-14(16)2/h7-10,14,16H,3-6,11-13H2,1-2H3,(H,21,22)/b10-8+. The molecule has 0 spiro atoms. The summed E-state index contributed by atoms with van der Waals surface area (Å²) in [7, 11) is 0. The highest BCUT2D eigenvalue weighted by Crippen LogP contribution is 2.47. The van der Waals surface area contributed by atoms with Crippen LogP contribution in [0.5, 0.6) is 0 Å². The van der Waals surface area contributed by atoms with E-state index in [-0.39, 0.29) is 11.9 Å². The van der Waals surface area contributed by atoms with Gasteiger partial charge in [-0.05, 0) is 50.3 Å². The van der Waals surface area contributed by atoms with Crippen LogP contribution in [0.25, 0.3) is 6.08 Å². The lowest BCUT2D eigenvalue weighted by Crippen LogP contribution is -2.56. The number of rotatable bonds is 6. The largest absolute Gasteiger partial charge is 0.464 e. The van der Waals surface area contributed by atoms with Gasteiger partial charge in [-0.1, -0.05) is 26.2 Å². The van der Waals surface area contributed by atoms with Crippen molar-refractivity contribution < 1.29 is 18.7 Å². The lowest BCUT2D eigenvalue weighted by molar-refractivity contribution is -0.154. The van der Waals surface area contributed by atoms with Crippen molar-refractivity contribution in [1.29, 1.82) is 0 Å². The number of nitrogens with one attached hydrogen (secondary N) is 1. The molecule has 25 heavy (non-hydrogen) atoms. The molecule has 0 saturated heterocycles. The molecule has 0 aliphatic heterocycles. The van der Waals surface area contributed by atoms with Gasteiger partial charge in [-0.15, -0.1) is 0 Å². The lowest BCUT2D eigenvalue weighted by Gasteiger charge is -2.35. The van der Waals surface area contributed by atoms with Crippen LogP contribution < -0.4 is 5.32 Å². The van der Waals surface area contributed by atoms with E-state index < -0.39 is 5.54 Å². The number of ether oxygens (including phenoxy) is 1. The molecule has 2 aliphatic rings. The van der Waals surface area contributed by atoms with Gasteiger partial charge in [0.25, 0.3) is 0 Å². The smallest absolute Gasteiger partial charge is 0.331 e. The minimum Gasteiger partial charge on any atom is -0.464 e. The van der Waals surface area contributed by atoms with Gasteiger partial charge in [-0.25, -0.2) is 4.79 Å². The molecular formula is C20H27NO4. The zero-order valence-corrected chi connectivity index (χ0v) is 15.0. The number of furan rings is 1. The summed E-state index contributed by atoms with van der Waals surface area (Å²) in [5.41, 5.74) is -0.881. The molecule has 2 atom stereocenters. The van der Waals surface area contributed by atoms with E-state index in [1.54, 1.807) is 13.0 Å². The van der Waals surface area contributed by atoms with Crippen LogP contribution in [0.15, 0.2) is 22.6 Å². The van der Waals surface area contributed by atoms with Crippen LogP contribution in [0.1, 0.15) is 69.8 Å². The summed E-state index contributed by atoms with van der Waals surface area (Å²) in [6, 6.07) is 3.86. The van der Waals surface area contributed by atoms with Gasteiger partial charge in [0, 0.05) is 12.0 Å². The number of amides is 1. The third-order valence-electron chi connectivity index (χ3n) is 5.26. The number of carbonyl (C=O) groups excluding carboxylic acids is 2. The quantitative estimate of drug-likeness (QED) is 0.629. The Morgan fingerprint density at radius 3 is 2.68 bits per heavy atom. The highest BCUT2D eigenvalue weighted by molar-refractivity contribution is 5.96. The number of hydrogen-bond acceptors (Lipinski definition) is 4. The molecule has 2 fully saturated rings. The van der Waals surface area contributed by atoms with Gasteiger partial charge in [0.1, 0.15) is 17.1 Å². The maximum atomic E-state index is 12.4. The molecule has 136 valence electrons. The van der Waals surface area contributed by atoms with Gasteiger partial charge in [0.2, 0.25) is 5.91 Å². The van der Waals surface area contributed by atoms with Gasteiger partial charge in [-0.2, -0.15) is 0 Å². The molecule has 0 radical (unpaired) electrons. The third-order valence-corrected chi connectivity index (χ3v) is 5.26. The van der Waals surface area contributed by atoms with E-state index in [9.17, 15) is 9.59 Å². The van der Waals surface area contributed by atoms with Crippen LogP contribution in [0.2, 0.25) is 0 Å². The third kappa shape index (κ3) is 4.14. The van der Waals surface area contributed by atoms with Crippen LogP contribution in [0.4, 0.5) is 0 Å². The van der Waals surface area contributed by atoms with E-state index in [1.165, 1.54) is 12.5 Å². The van der Waals surface area contributed by atoms with Crippen molar-refractivity contribution >= 4 is 18.0 Å². The van der Waals surface area contributed by atoms with Crippen LogP contribution in [0, 0.1) is 5.92 Å². The van der Waals surface area contributed by atoms with E-state index in [2.05, 4.69) is 12.2 Å². The van der Waals surface area contributed by atoms with Crippen molar-refractivity contribution in [3.63, 3.8) is 0 Å². The van der Waals surface area contributed by atoms with Crippen molar-refractivity contribution in [2.45, 2.75) is 63.8 Å². The van der Waals surface area contributed by atoms with Crippen LogP contribution in [-0.2, 0) is 14.3 Å². The molecule has 5 nitrogen and oxygen atoms in total. The van der Waals surface area contributed by atoms with E-state index in [0.29, 0.717) is 37.0 Å². The fourth-order valence-corrected chi connectivity index (χ4v) is 3.62. The molecular weight excluding hydrogens is 318 g/mol. The second kappa shape index (κ2) is 7.46. The molecule has 2 saturated carbocycles. The number of hydrogen-bond donors (Lipinski definition) is 1. The predicted molar refractivity (Wildman–Crippen MR) is 94.9 cm³/mol. The number of esters is 1. The maximum Gasteiger partial charge on any atom is 0.331 e.